The largest absolute Gasteiger partial charge is 0.416 e. The molecule has 1 aliphatic rings. The lowest BCUT2D eigenvalue weighted by atomic mass is 10.1. The second kappa shape index (κ2) is 6.66. The fraction of sp³-hybridized carbons (Fsp3) is 0.600. The number of hydrogen-bond donors (Lipinski definition) is 1. The molecule has 0 unspecified atom stereocenters. The first-order chi connectivity index (χ1) is 9.91. The first kappa shape index (κ1) is 16.1. The summed E-state index contributed by atoms with van der Waals surface area (Å²) in [5, 5.41) is 0. The van der Waals surface area contributed by atoms with E-state index in [1.165, 1.54) is 25.0 Å². The first-order valence-corrected chi connectivity index (χ1v) is 7.25. The summed E-state index contributed by atoms with van der Waals surface area (Å²) in [7, 11) is 1.83. The summed E-state index contributed by atoms with van der Waals surface area (Å²) in [5.41, 5.74) is 5.49. The number of alkyl halides is 3. The average Bonchev–Trinajstić information content (AvgIpc) is 2.96. The highest BCUT2D eigenvalue weighted by Gasteiger charge is 2.33. The number of halogens is 3. The van der Waals surface area contributed by atoms with E-state index < -0.39 is 11.7 Å². The molecule has 1 aliphatic heterocycles. The summed E-state index contributed by atoms with van der Waals surface area (Å²) >= 11 is 0. The van der Waals surface area contributed by atoms with Crippen LogP contribution in [0.4, 0.5) is 18.9 Å². The summed E-state index contributed by atoms with van der Waals surface area (Å²) in [6.45, 7) is 3.68. The van der Waals surface area contributed by atoms with Crippen LogP contribution in [0.1, 0.15) is 24.0 Å². The van der Waals surface area contributed by atoms with Gasteiger partial charge in [-0.1, -0.05) is 6.07 Å². The lowest BCUT2D eigenvalue weighted by Gasteiger charge is -2.24. The zero-order valence-electron chi connectivity index (χ0n) is 12.3. The number of nitrogens with two attached hydrogens (primary N) is 1. The van der Waals surface area contributed by atoms with E-state index in [9.17, 15) is 13.2 Å². The number of rotatable bonds is 5. The van der Waals surface area contributed by atoms with Gasteiger partial charge in [-0.15, -0.1) is 0 Å². The van der Waals surface area contributed by atoms with Gasteiger partial charge in [-0.3, -0.25) is 0 Å². The predicted molar refractivity (Wildman–Crippen MR) is 78.3 cm³/mol. The van der Waals surface area contributed by atoms with Crippen LogP contribution in [0.2, 0.25) is 0 Å². The molecule has 2 rings (SSSR count). The van der Waals surface area contributed by atoms with Gasteiger partial charge in [0.05, 0.1) is 5.56 Å². The Hall–Kier alpha value is -1.27. The molecule has 0 atom stereocenters. The monoisotopic (exact) mass is 301 g/mol. The highest BCUT2D eigenvalue weighted by Crippen LogP contribution is 2.34. The number of likely N-dealkylation sites (tertiary alicyclic amines) is 1. The Morgan fingerprint density at radius 2 is 1.90 bits per heavy atom. The van der Waals surface area contributed by atoms with Crippen LogP contribution in [0.5, 0.6) is 0 Å². The van der Waals surface area contributed by atoms with E-state index in [2.05, 4.69) is 4.90 Å². The van der Waals surface area contributed by atoms with Crippen molar-refractivity contribution in [1.29, 1.82) is 0 Å². The minimum Gasteiger partial charge on any atom is -0.373 e. The molecule has 0 aliphatic carbocycles. The summed E-state index contributed by atoms with van der Waals surface area (Å²) in [6.07, 6.45) is -1.93. The molecule has 118 valence electrons. The Labute approximate surface area is 123 Å². The van der Waals surface area contributed by atoms with E-state index in [0.717, 1.165) is 26.2 Å². The van der Waals surface area contributed by atoms with Crippen molar-refractivity contribution in [1.82, 2.24) is 4.90 Å². The quantitative estimate of drug-likeness (QED) is 0.907. The van der Waals surface area contributed by atoms with Gasteiger partial charge in [0.2, 0.25) is 0 Å². The van der Waals surface area contributed by atoms with Gasteiger partial charge in [0.1, 0.15) is 0 Å². The summed E-state index contributed by atoms with van der Waals surface area (Å²) in [4.78, 5) is 4.21. The molecule has 0 aromatic heterocycles. The van der Waals surface area contributed by atoms with Crippen LogP contribution in [0.3, 0.4) is 0 Å². The molecule has 6 heteroatoms. The third kappa shape index (κ3) is 4.11. The van der Waals surface area contributed by atoms with Crippen molar-refractivity contribution in [3.05, 3.63) is 29.3 Å². The lowest BCUT2D eigenvalue weighted by Crippen LogP contribution is -2.31. The summed E-state index contributed by atoms with van der Waals surface area (Å²) < 4.78 is 39.1. The molecule has 1 fully saturated rings. The number of anilines is 1. The van der Waals surface area contributed by atoms with Gasteiger partial charge in [-0.05, 0) is 43.6 Å². The Balaban J connectivity index is 2.08. The predicted octanol–water partition coefficient (Wildman–Crippen LogP) is 2.70. The van der Waals surface area contributed by atoms with Crippen LogP contribution in [-0.4, -0.2) is 38.1 Å². The molecule has 0 saturated carbocycles. The highest BCUT2D eigenvalue weighted by molar-refractivity contribution is 5.51. The molecule has 2 N–H and O–H groups in total. The molecule has 0 amide bonds. The summed E-state index contributed by atoms with van der Waals surface area (Å²) in [5.74, 6) is 0. The number of nitrogens with zero attached hydrogens (tertiary/aromatic N) is 2. The maximum absolute atomic E-state index is 13.0. The molecule has 3 nitrogen and oxygen atoms in total. The molecule has 1 heterocycles. The topological polar surface area (TPSA) is 32.5 Å². The van der Waals surface area contributed by atoms with Crippen molar-refractivity contribution in [2.45, 2.75) is 25.6 Å². The average molecular weight is 301 g/mol. The number of likely N-dealkylation sites (N-methyl/N-ethyl adjacent to an activating group) is 1. The van der Waals surface area contributed by atoms with E-state index >= 15 is 0 Å². The van der Waals surface area contributed by atoms with Crippen LogP contribution in [0, 0.1) is 0 Å². The van der Waals surface area contributed by atoms with Crippen molar-refractivity contribution in [2.75, 3.05) is 38.1 Å². The van der Waals surface area contributed by atoms with Gasteiger partial charge in [0.15, 0.2) is 0 Å². The van der Waals surface area contributed by atoms with Crippen LogP contribution in [0.15, 0.2) is 18.2 Å². The molecule has 1 aromatic rings. The number of hydrogen-bond acceptors (Lipinski definition) is 3. The molecule has 1 aromatic carbocycles. The smallest absolute Gasteiger partial charge is 0.373 e. The van der Waals surface area contributed by atoms with E-state index in [4.69, 9.17) is 5.73 Å². The van der Waals surface area contributed by atoms with Gasteiger partial charge in [-0.25, -0.2) is 0 Å². The maximum Gasteiger partial charge on any atom is 0.416 e. The Kier molecular flexibility index (Phi) is 5.11. The second-order valence-electron chi connectivity index (χ2n) is 5.51. The van der Waals surface area contributed by atoms with Crippen LogP contribution < -0.4 is 10.6 Å². The second-order valence-corrected chi connectivity index (χ2v) is 5.51. The minimum absolute atomic E-state index is 0.105. The van der Waals surface area contributed by atoms with Gasteiger partial charge < -0.3 is 15.5 Å². The third-order valence-corrected chi connectivity index (χ3v) is 4.01. The van der Waals surface area contributed by atoms with E-state index in [-0.39, 0.29) is 12.1 Å². The normalized spacial score (nSPS) is 16.4. The van der Waals surface area contributed by atoms with Crippen LogP contribution in [0.25, 0.3) is 0 Å². The first-order valence-electron chi connectivity index (χ1n) is 7.25. The van der Waals surface area contributed by atoms with Crippen LogP contribution >= 0.6 is 0 Å². The Morgan fingerprint density at radius 3 is 2.48 bits per heavy atom. The van der Waals surface area contributed by atoms with Crippen molar-refractivity contribution in [3.8, 4) is 0 Å². The molecular formula is C15H22F3N3. The van der Waals surface area contributed by atoms with Gasteiger partial charge in [0.25, 0.3) is 0 Å². The van der Waals surface area contributed by atoms with Gasteiger partial charge >= 0.3 is 6.18 Å². The number of benzene rings is 1. The van der Waals surface area contributed by atoms with Gasteiger partial charge in [0, 0.05) is 32.4 Å². The fourth-order valence-corrected chi connectivity index (χ4v) is 2.67. The van der Waals surface area contributed by atoms with Crippen molar-refractivity contribution < 1.29 is 13.2 Å². The molecule has 21 heavy (non-hydrogen) atoms. The van der Waals surface area contributed by atoms with E-state index in [1.807, 2.05) is 11.9 Å². The maximum atomic E-state index is 13.0. The molecule has 0 spiro atoms. The molecule has 0 radical (unpaired) electrons. The van der Waals surface area contributed by atoms with Crippen molar-refractivity contribution >= 4 is 5.69 Å². The third-order valence-electron chi connectivity index (χ3n) is 4.01. The minimum atomic E-state index is -4.36. The standard InChI is InChI=1S/C15H22F3N3/c1-20(8-9-21-6-2-3-7-21)13-5-4-12(11-19)14(10-13)15(16,17)18/h4-5,10H,2-3,6-9,11,19H2,1H3. The Morgan fingerprint density at radius 1 is 1.24 bits per heavy atom. The zero-order chi connectivity index (χ0) is 15.5. The van der Waals surface area contributed by atoms with Crippen molar-refractivity contribution in [3.63, 3.8) is 0 Å². The highest BCUT2D eigenvalue weighted by atomic mass is 19.4. The van der Waals surface area contributed by atoms with E-state index in [1.54, 1.807) is 6.07 Å². The molecule has 1 saturated heterocycles. The van der Waals surface area contributed by atoms with Crippen molar-refractivity contribution in [2.24, 2.45) is 5.73 Å². The lowest BCUT2D eigenvalue weighted by molar-refractivity contribution is -0.138. The van der Waals surface area contributed by atoms with Crippen LogP contribution in [-0.2, 0) is 12.7 Å². The molecular weight excluding hydrogens is 279 g/mol. The molecule has 0 bridgehead atoms. The SMILES string of the molecule is CN(CCN1CCCC1)c1ccc(CN)c(C(F)(F)F)c1. The van der Waals surface area contributed by atoms with E-state index in [0.29, 0.717) is 5.69 Å². The van der Waals surface area contributed by atoms with Gasteiger partial charge in [-0.2, -0.15) is 13.2 Å². The summed E-state index contributed by atoms with van der Waals surface area (Å²) in [6, 6.07) is 4.39. The Bertz CT molecular complexity index is 468. The fourth-order valence-electron chi connectivity index (χ4n) is 2.67. The zero-order valence-corrected chi connectivity index (χ0v) is 12.3.